The Morgan fingerprint density at radius 3 is 2.83 bits per heavy atom. The molecule has 7 nitrogen and oxygen atoms in total. The molecule has 1 aliphatic rings. The molecule has 0 saturated carbocycles. The average molecular weight is 320 g/mol. The number of amides is 2. The van der Waals surface area contributed by atoms with Gasteiger partial charge in [-0.1, -0.05) is 0 Å². The van der Waals surface area contributed by atoms with Crippen molar-refractivity contribution in [2.75, 3.05) is 25.0 Å². The summed E-state index contributed by atoms with van der Waals surface area (Å²) >= 11 is 0. The van der Waals surface area contributed by atoms with E-state index < -0.39 is 5.76 Å². The van der Waals surface area contributed by atoms with Gasteiger partial charge in [-0.15, -0.1) is 5.10 Å². The highest BCUT2D eigenvalue weighted by molar-refractivity contribution is 5.91. The number of nitrogens with one attached hydrogen (secondary N) is 1. The van der Waals surface area contributed by atoms with Gasteiger partial charge in [-0.25, -0.2) is 19.1 Å². The molecule has 2 heterocycles. The molecule has 0 bridgehead atoms. The Labute approximate surface area is 131 Å². The number of carbonyl (C=O) groups excluding carboxylic acids is 1. The van der Waals surface area contributed by atoms with Crippen molar-refractivity contribution in [3.8, 4) is 0 Å². The average Bonchev–Trinajstić information content (AvgIpc) is 3.01. The van der Waals surface area contributed by atoms with Gasteiger partial charge in [-0.05, 0) is 37.1 Å². The van der Waals surface area contributed by atoms with Gasteiger partial charge in [0.2, 0.25) is 5.89 Å². The number of aromatic nitrogens is 2. The van der Waals surface area contributed by atoms with E-state index in [0.29, 0.717) is 24.7 Å². The van der Waals surface area contributed by atoms with Crippen LogP contribution in [0.15, 0.2) is 33.5 Å². The van der Waals surface area contributed by atoms with Crippen LogP contribution in [0.4, 0.5) is 14.9 Å². The van der Waals surface area contributed by atoms with Gasteiger partial charge in [0.25, 0.3) is 0 Å². The predicted octanol–water partition coefficient (Wildman–Crippen LogP) is 1.94. The predicted molar refractivity (Wildman–Crippen MR) is 80.9 cm³/mol. The molecule has 0 unspecified atom stereocenters. The highest BCUT2D eigenvalue weighted by atomic mass is 19.1. The lowest BCUT2D eigenvalue weighted by molar-refractivity contribution is 0.181. The second-order valence-corrected chi connectivity index (χ2v) is 5.55. The molecule has 0 spiro atoms. The Balaban J connectivity index is 1.71. The number of anilines is 1. The molecule has 1 aromatic carbocycles. The van der Waals surface area contributed by atoms with Gasteiger partial charge < -0.3 is 9.32 Å². The summed E-state index contributed by atoms with van der Waals surface area (Å²) in [6.45, 7) is 1.05. The molecule has 122 valence electrons. The summed E-state index contributed by atoms with van der Waals surface area (Å²) in [6.07, 6.45) is 1.60. The zero-order chi connectivity index (χ0) is 16.4. The third kappa shape index (κ3) is 3.25. The number of benzene rings is 1. The van der Waals surface area contributed by atoms with E-state index in [0.717, 1.165) is 12.8 Å². The number of hydrogen-bond acceptors (Lipinski definition) is 4. The Kier molecular flexibility index (Phi) is 4.14. The quantitative estimate of drug-likeness (QED) is 0.916. The van der Waals surface area contributed by atoms with Crippen molar-refractivity contribution in [1.82, 2.24) is 15.1 Å². The van der Waals surface area contributed by atoms with E-state index in [4.69, 9.17) is 4.42 Å². The van der Waals surface area contributed by atoms with Crippen LogP contribution in [0.3, 0.4) is 0 Å². The molecule has 1 N–H and O–H groups in total. The number of hydrogen-bond donors (Lipinski definition) is 1. The highest BCUT2D eigenvalue weighted by Gasteiger charge is 2.29. The van der Waals surface area contributed by atoms with Crippen LogP contribution < -0.4 is 10.7 Å². The molecule has 1 fully saturated rings. The third-order valence-electron chi connectivity index (χ3n) is 4.00. The van der Waals surface area contributed by atoms with Gasteiger partial charge in [0.15, 0.2) is 0 Å². The topological polar surface area (TPSA) is 82.4 Å². The van der Waals surface area contributed by atoms with Crippen LogP contribution in [0, 0.1) is 5.82 Å². The molecule has 23 heavy (non-hydrogen) atoms. The van der Waals surface area contributed by atoms with Gasteiger partial charge in [0.05, 0.1) is 5.92 Å². The number of aromatic amines is 1. The largest absolute Gasteiger partial charge is 0.434 e. The number of rotatable bonds is 2. The molecule has 1 atom stereocenters. The molecule has 1 aromatic heterocycles. The summed E-state index contributed by atoms with van der Waals surface area (Å²) in [5.74, 6) is -0.710. The maximum Gasteiger partial charge on any atom is 0.434 e. The molecule has 0 radical (unpaired) electrons. The van der Waals surface area contributed by atoms with E-state index in [1.807, 2.05) is 0 Å². The number of H-pyrrole nitrogens is 1. The zero-order valence-electron chi connectivity index (χ0n) is 12.7. The minimum absolute atomic E-state index is 0.103. The van der Waals surface area contributed by atoms with Crippen LogP contribution in [0.5, 0.6) is 0 Å². The number of nitrogens with zero attached hydrogens (tertiary/aromatic N) is 3. The molecular formula is C15H17FN4O3. The molecule has 2 aromatic rings. The van der Waals surface area contributed by atoms with Gasteiger partial charge in [-0.2, -0.15) is 0 Å². The Morgan fingerprint density at radius 1 is 1.43 bits per heavy atom. The second kappa shape index (κ2) is 6.23. The monoisotopic (exact) mass is 320 g/mol. The first-order valence-corrected chi connectivity index (χ1v) is 7.38. The highest BCUT2D eigenvalue weighted by Crippen LogP contribution is 2.26. The molecule has 1 saturated heterocycles. The summed E-state index contributed by atoms with van der Waals surface area (Å²) in [7, 11) is 1.65. The van der Waals surface area contributed by atoms with Crippen LogP contribution in [-0.2, 0) is 0 Å². The molecule has 2 amide bonds. The zero-order valence-corrected chi connectivity index (χ0v) is 12.7. The normalized spacial score (nSPS) is 18.0. The first kappa shape index (κ1) is 15.3. The van der Waals surface area contributed by atoms with E-state index in [1.165, 1.54) is 17.0 Å². The van der Waals surface area contributed by atoms with Gasteiger partial charge in [0, 0.05) is 25.8 Å². The summed E-state index contributed by atoms with van der Waals surface area (Å²) in [5.41, 5.74) is 0.616. The van der Waals surface area contributed by atoms with Crippen molar-refractivity contribution in [2.24, 2.45) is 0 Å². The van der Waals surface area contributed by atoms with E-state index in [2.05, 4.69) is 10.2 Å². The summed E-state index contributed by atoms with van der Waals surface area (Å²) in [5, 5.41) is 6.09. The van der Waals surface area contributed by atoms with E-state index in [9.17, 15) is 14.0 Å². The molecule has 0 aliphatic carbocycles. The fraction of sp³-hybridized carbons (Fsp3) is 0.400. The molecule has 1 aliphatic heterocycles. The fourth-order valence-electron chi connectivity index (χ4n) is 2.76. The summed E-state index contributed by atoms with van der Waals surface area (Å²) < 4.78 is 18.0. The van der Waals surface area contributed by atoms with Crippen LogP contribution in [0.1, 0.15) is 24.7 Å². The lowest BCUT2D eigenvalue weighted by atomic mass is 9.98. The first-order chi connectivity index (χ1) is 11.0. The number of carbonyl (C=O) groups is 1. The Hall–Kier alpha value is -2.64. The number of urea groups is 1. The number of halogens is 1. The van der Waals surface area contributed by atoms with Crippen LogP contribution in [-0.4, -0.2) is 41.3 Å². The minimum Gasteiger partial charge on any atom is -0.392 e. The second-order valence-electron chi connectivity index (χ2n) is 5.55. The van der Waals surface area contributed by atoms with Crippen molar-refractivity contribution >= 4 is 11.7 Å². The maximum atomic E-state index is 13.0. The molecule has 3 rings (SSSR count). The molecular weight excluding hydrogens is 303 g/mol. The third-order valence-corrected chi connectivity index (χ3v) is 4.00. The van der Waals surface area contributed by atoms with Gasteiger partial charge >= 0.3 is 11.8 Å². The Bertz CT molecular complexity index is 740. The van der Waals surface area contributed by atoms with Crippen LogP contribution >= 0.6 is 0 Å². The first-order valence-electron chi connectivity index (χ1n) is 7.38. The molecule has 8 heteroatoms. The van der Waals surface area contributed by atoms with Gasteiger partial charge in [-0.3, -0.25) is 4.90 Å². The maximum absolute atomic E-state index is 13.0. The van der Waals surface area contributed by atoms with Crippen molar-refractivity contribution in [1.29, 1.82) is 0 Å². The number of likely N-dealkylation sites (tertiary alicyclic amines) is 1. The summed E-state index contributed by atoms with van der Waals surface area (Å²) in [4.78, 5) is 26.8. The van der Waals surface area contributed by atoms with Crippen LogP contribution in [0.2, 0.25) is 0 Å². The van der Waals surface area contributed by atoms with Crippen molar-refractivity contribution < 1.29 is 13.6 Å². The van der Waals surface area contributed by atoms with Gasteiger partial charge in [0.1, 0.15) is 5.82 Å². The smallest absolute Gasteiger partial charge is 0.392 e. The lowest BCUT2D eigenvalue weighted by Gasteiger charge is -2.34. The number of piperidine rings is 1. The lowest BCUT2D eigenvalue weighted by Crippen LogP contribution is -2.46. The standard InChI is InChI=1S/C15H17FN4O3/c1-19(12-6-4-11(16)5-7-12)15(22)20-8-2-3-10(9-20)13-17-18-14(21)23-13/h4-7,10H,2-3,8-9H2,1H3,(H,18,21)/t10-/m1/s1. The Morgan fingerprint density at radius 2 is 2.17 bits per heavy atom. The van der Waals surface area contributed by atoms with Crippen LogP contribution in [0.25, 0.3) is 0 Å². The van der Waals surface area contributed by atoms with E-state index >= 15 is 0 Å². The van der Waals surface area contributed by atoms with Crippen molar-refractivity contribution in [3.63, 3.8) is 0 Å². The van der Waals surface area contributed by atoms with Crippen molar-refractivity contribution in [3.05, 3.63) is 46.5 Å². The SMILES string of the molecule is CN(C(=O)N1CCC[C@@H](c2n[nH]c(=O)o2)C1)c1ccc(F)cc1. The fourth-order valence-corrected chi connectivity index (χ4v) is 2.76. The minimum atomic E-state index is -0.591. The summed E-state index contributed by atoms with van der Waals surface area (Å²) in [6, 6.07) is 5.56. The van der Waals surface area contributed by atoms with E-state index in [1.54, 1.807) is 24.1 Å². The van der Waals surface area contributed by atoms with Crippen molar-refractivity contribution in [2.45, 2.75) is 18.8 Å². The van der Waals surface area contributed by atoms with E-state index in [-0.39, 0.29) is 17.8 Å².